The van der Waals surface area contributed by atoms with Crippen LogP contribution in [0.25, 0.3) is 10.9 Å². The van der Waals surface area contributed by atoms with Gasteiger partial charge in [0.15, 0.2) is 0 Å². The van der Waals surface area contributed by atoms with Crippen LogP contribution < -0.4 is 10.6 Å². The molecule has 2 aromatic carbocycles. The Morgan fingerprint density at radius 1 is 1.09 bits per heavy atom. The lowest BCUT2D eigenvalue weighted by Crippen LogP contribution is -2.13. The van der Waals surface area contributed by atoms with Gasteiger partial charge < -0.3 is 10.6 Å². The summed E-state index contributed by atoms with van der Waals surface area (Å²) in [7, 11) is 0. The summed E-state index contributed by atoms with van der Waals surface area (Å²) in [5.74, 6) is 0. The Bertz CT molecular complexity index is 882. The highest BCUT2D eigenvalue weighted by Gasteiger charge is 2.25. The maximum atomic E-state index is 5.72. The second-order valence-corrected chi connectivity index (χ2v) is 6.27. The summed E-state index contributed by atoms with van der Waals surface area (Å²) in [6.07, 6.45) is 1.05. The number of hydrogen-bond donors (Lipinski definition) is 1. The van der Waals surface area contributed by atoms with Gasteiger partial charge in [0, 0.05) is 29.9 Å². The zero-order valence-electron chi connectivity index (χ0n) is 13.6. The average molecular weight is 303 g/mol. The molecule has 0 amide bonds. The summed E-state index contributed by atoms with van der Waals surface area (Å²) in [5.41, 5.74) is 14.3. The molecule has 3 nitrogen and oxygen atoms in total. The molecule has 23 heavy (non-hydrogen) atoms. The molecule has 116 valence electrons. The van der Waals surface area contributed by atoms with Crippen molar-refractivity contribution in [2.45, 2.75) is 26.8 Å². The van der Waals surface area contributed by atoms with Gasteiger partial charge in [-0.25, -0.2) is 0 Å². The molecule has 0 saturated heterocycles. The van der Waals surface area contributed by atoms with Gasteiger partial charge >= 0.3 is 0 Å². The molecule has 1 aliphatic heterocycles. The Morgan fingerprint density at radius 2 is 1.87 bits per heavy atom. The lowest BCUT2D eigenvalue weighted by Gasteiger charge is -2.22. The van der Waals surface area contributed by atoms with Crippen molar-refractivity contribution in [1.29, 1.82) is 0 Å². The van der Waals surface area contributed by atoms with Crippen molar-refractivity contribution in [2.24, 2.45) is 5.73 Å². The molecule has 1 aromatic heterocycles. The monoisotopic (exact) mass is 303 g/mol. The molecule has 2 N–H and O–H groups in total. The molecule has 0 unspecified atom stereocenters. The first-order valence-corrected chi connectivity index (χ1v) is 8.14. The van der Waals surface area contributed by atoms with Gasteiger partial charge in [0.1, 0.15) is 0 Å². The molecule has 0 radical (unpaired) electrons. The van der Waals surface area contributed by atoms with E-state index in [0.29, 0.717) is 6.54 Å². The van der Waals surface area contributed by atoms with Gasteiger partial charge in [0.25, 0.3) is 0 Å². The summed E-state index contributed by atoms with van der Waals surface area (Å²) in [6, 6.07) is 15.0. The lowest BCUT2D eigenvalue weighted by molar-refractivity contribution is 0.986. The highest BCUT2D eigenvalue weighted by molar-refractivity contribution is 5.98. The molecular weight excluding hydrogens is 282 g/mol. The third-order valence-corrected chi connectivity index (χ3v) is 4.83. The number of benzene rings is 2. The van der Waals surface area contributed by atoms with Crippen LogP contribution in [0.5, 0.6) is 0 Å². The second kappa shape index (κ2) is 5.36. The van der Waals surface area contributed by atoms with Crippen molar-refractivity contribution in [3.8, 4) is 0 Å². The Labute approximate surface area is 136 Å². The highest BCUT2D eigenvalue weighted by atomic mass is 15.2. The van der Waals surface area contributed by atoms with Crippen molar-refractivity contribution in [2.75, 3.05) is 11.4 Å². The molecule has 0 atom stereocenters. The number of hydrogen-bond acceptors (Lipinski definition) is 3. The van der Waals surface area contributed by atoms with Crippen LogP contribution in [-0.4, -0.2) is 11.5 Å². The Morgan fingerprint density at radius 3 is 2.61 bits per heavy atom. The van der Waals surface area contributed by atoms with E-state index in [2.05, 4.69) is 61.2 Å². The van der Waals surface area contributed by atoms with Crippen LogP contribution in [0.4, 0.5) is 11.4 Å². The lowest BCUT2D eigenvalue weighted by atomic mass is 10.0. The van der Waals surface area contributed by atoms with E-state index < -0.39 is 0 Å². The Kier molecular flexibility index (Phi) is 3.31. The van der Waals surface area contributed by atoms with Crippen molar-refractivity contribution < 1.29 is 0 Å². The predicted molar refractivity (Wildman–Crippen MR) is 96.3 cm³/mol. The number of aromatic nitrogens is 1. The van der Waals surface area contributed by atoms with Crippen LogP contribution in [0.1, 0.15) is 22.4 Å². The van der Waals surface area contributed by atoms with E-state index in [1.165, 1.54) is 33.5 Å². The van der Waals surface area contributed by atoms with E-state index in [-0.39, 0.29) is 0 Å². The van der Waals surface area contributed by atoms with Crippen LogP contribution in [0.3, 0.4) is 0 Å². The van der Waals surface area contributed by atoms with Gasteiger partial charge in [-0.1, -0.05) is 30.3 Å². The normalized spacial score (nSPS) is 13.6. The number of pyridine rings is 1. The standard InChI is InChI=1S/C20H21N3/c1-13-4-3-5-18-19(13)22-14(2)17-10-11-23(20(17)18)16-8-6-15(12-21)7-9-16/h3-9H,10-12,21H2,1-2H3. The largest absolute Gasteiger partial charge is 0.340 e. The molecule has 0 fully saturated rings. The van der Waals surface area contributed by atoms with E-state index in [1.807, 2.05) is 0 Å². The van der Waals surface area contributed by atoms with Crippen LogP contribution in [0, 0.1) is 13.8 Å². The summed E-state index contributed by atoms with van der Waals surface area (Å²) >= 11 is 0. The van der Waals surface area contributed by atoms with Gasteiger partial charge in [-0.2, -0.15) is 0 Å². The maximum absolute atomic E-state index is 5.72. The summed E-state index contributed by atoms with van der Waals surface area (Å²) in [4.78, 5) is 7.28. The first-order chi connectivity index (χ1) is 11.2. The molecule has 4 rings (SSSR count). The number of nitrogens with zero attached hydrogens (tertiary/aromatic N) is 2. The highest BCUT2D eigenvalue weighted by Crippen LogP contribution is 2.41. The maximum Gasteiger partial charge on any atom is 0.0755 e. The van der Waals surface area contributed by atoms with Crippen molar-refractivity contribution >= 4 is 22.3 Å². The SMILES string of the molecule is Cc1nc2c(C)cccc2c2c1CCN2c1ccc(CN)cc1. The predicted octanol–water partition coefficient (Wildman–Crippen LogP) is 4.00. The minimum atomic E-state index is 0.585. The molecule has 0 spiro atoms. The van der Waals surface area contributed by atoms with Crippen molar-refractivity contribution in [1.82, 2.24) is 4.98 Å². The number of anilines is 2. The van der Waals surface area contributed by atoms with Gasteiger partial charge in [0.05, 0.1) is 11.2 Å². The van der Waals surface area contributed by atoms with Crippen molar-refractivity contribution in [3.05, 3.63) is 64.8 Å². The van der Waals surface area contributed by atoms with E-state index >= 15 is 0 Å². The first-order valence-electron chi connectivity index (χ1n) is 8.14. The van der Waals surface area contributed by atoms with Gasteiger partial charge in [-0.15, -0.1) is 0 Å². The Balaban J connectivity index is 1.92. The molecule has 0 bridgehead atoms. The number of fused-ring (bicyclic) bond motifs is 3. The minimum absolute atomic E-state index is 0.585. The second-order valence-electron chi connectivity index (χ2n) is 6.27. The van der Waals surface area contributed by atoms with Crippen LogP contribution >= 0.6 is 0 Å². The first kappa shape index (κ1) is 14.2. The molecule has 2 heterocycles. The fourth-order valence-corrected chi connectivity index (χ4v) is 3.58. The quantitative estimate of drug-likeness (QED) is 0.778. The number of aryl methyl sites for hydroxylation is 2. The van der Waals surface area contributed by atoms with Crippen LogP contribution in [-0.2, 0) is 13.0 Å². The molecule has 3 heteroatoms. The number of nitrogens with two attached hydrogens (primary N) is 1. The van der Waals surface area contributed by atoms with Gasteiger partial charge in [0.2, 0.25) is 0 Å². The average Bonchev–Trinajstić information content (AvgIpc) is 3.02. The summed E-state index contributed by atoms with van der Waals surface area (Å²) in [5, 5.41) is 1.26. The summed E-state index contributed by atoms with van der Waals surface area (Å²) in [6.45, 7) is 5.86. The van der Waals surface area contributed by atoms with E-state index in [0.717, 1.165) is 24.2 Å². The minimum Gasteiger partial charge on any atom is -0.340 e. The third kappa shape index (κ3) is 2.20. The van der Waals surface area contributed by atoms with Crippen LogP contribution in [0.2, 0.25) is 0 Å². The van der Waals surface area contributed by atoms with Crippen LogP contribution in [0.15, 0.2) is 42.5 Å². The Hall–Kier alpha value is -2.39. The van der Waals surface area contributed by atoms with E-state index in [1.54, 1.807) is 0 Å². The summed E-state index contributed by atoms with van der Waals surface area (Å²) < 4.78 is 0. The third-order valence-electron chi connectivity index (χ3n) is 4.83. The van der Waals surface area contributed by atoms with E-state index in [9.17, 15) is 0 Å². The topological polar surface area (TPSA) is 42.2 Å². The zero-order chi connectivity index (χ0) is 16.0. The fraction of sp³-hybridized carbons (Fsp3) is 0.250. The van der Waals surface area contributed by atoms with Gasteiger partial charge in [-0.05, 0) is 49.1 Å². The van der Waals surface area contributed by atoms with Crippen molar-refractivity contribution in [3.63, 3.8) is 0 Å². The zero-order valence-corrected chi connectivity index (χ0v) is 13.6. The van der Waals surface area contributed by atoms with Gasteiger partial charge in [-0.3, -0.25) is 4.98 Å². The smallest absolute Gasteiger partial charge is 0.0755 e. The molecular formula is C20H21N3. The number of para-hydroxylation sites is 1. The fourth-order valence-electron chi connectivity index (χ4n) is 3.58. The molecule has 0 saturated carbocycles. The molecule has 3 aromatic rings. The molecule has 1 aliphatic rings. The number of rotatable bonds is 2. The van der Waals surface area contributed by atoms with E-state index in [4.69, 9.17) is 10.7 Å². The molecule has 0 aliphatic carbocycles.